The van der Waals surface area contributed by atoms with Crippen LogP contribution in [0.4, 0.5) is 0 Å². The van der Waals surface area contributed by atoms with Gasteiger partial charge in [-0.1, -0.05) is 53.7 Å². The number of allylic oxidation sites excluding steroid dienone is 1. The molecule has 4 aliphatic rings. The summed E-state index contributed by atoms with van der Waals surface area (Å²) in [5.74, 6) is -3.30. The Labute approximate surface area is 224 Å². The number of hydrogen-bond donors (Lipinski definition) is 4. The number of ketones is 1. The van der Waals surface area contributed by atoms with Crippen molar-refractivity contribution in [2.45, 2.75) is 97.2 Å². The van der Waals surface area contributed by atoms with Gasteiger partial charge in [0.15, 0.2) is 17.5 Å². The van der Waals surface area contributed by atoms with Gasteiger partial charge in [0.25, 0.3) is 0 Å². The lowest BCUT2D eigenvalue weighted by Gasteiger charge is -2.48. The van der Waals surface area contributed by atoms with Gasteiger partial charge in [0.1, 0.15) is 11.7 Å². The van der Waals surface area contributed by atoms with Crippen LogP contribution in [0.5, 0.6) is 0 Å². The Balaban J connectivity index is 1.89. The molecule has 2 bridgehead atoms. The van der Waals surface area contributed by atoms with Gasteiger partial charge in [-0.15, -0.1) is 0 Å². The second-order valence-corrected chi connectivity index (χ2v) is 12.7. The van der Waals surface area contributed by atoms with Crippen molar-refractivity contribution in [2.24, 2.45) is 40.2 Å². The summed E-state index contributed by atoms with van der Waals surface area (Å²) in [4.78, 5) is 40.4. The largest absolute Gasteiger partial charge is 0.458 e. The fraction of sp³-hybridized carbons (Fsp3) is 0.759. The van der Waals surface area contributed by atoms with Gasteiger partial charge in [0.2, 0.25) is 0 Å². The predicted octanol–water partition coefficient (Wildman–Crippen LogP) is 1.82. The topological polar surface area (TPSA) is 156 Å². The van der Waals surface area contributed by atoms with Crippen LogP contribution in [-0.2, 0) is 23.9 Å². The quantitative estimate of drug-likeness (QED) is 0.283. The van der Waals surface area contributed by atoms with Crippen LogP contribution in [0.25, 0.3) is 0 Å². The zero-order valence-corrected chi connectivity index (χ0v) is 23.5. The predicted molar refractivity (Wildman–Crippen MR) is 138 cm³/mol. The van der Waals surface area contributed by atoms with E-state index in [2.05, 4.69) is 0 Å². The van der Waals surface area contributed by atoms with Gasteiger partial charge in [-0.25, -0.2) is 0 Å². The Morgan fingerprint density at radius 2 is 1.87 bits per heavy atom. The number of fused-ring (bicyclic) bond motifs is 3. The van der Waals surface area contributed by atoms with Crippen molar-refractivity contribution in [1.29, 1.82) is 0 Å². The van der Waals surface area contributed by atoms with Crippen molar-refractivity contribution in [3.8, 4) is 0 Å². The number of hydrogen-bond acceptors (Lipinski definition) is 9. The first-order valence-electron chi connectivity index (χ1n) is 13.7. The highest BCUT2D eigenvalue weighted by atomic mass is 16.6. The van der Waals surface area contributed by atoms with Crippen LogP contribution in [0.2, 0.25) is 0 Å². The summed E-state index contributed by atoms with van der Waals surface area (Å²) < 4.78 is 11.9. The van der Waals surface area contributed by atoms with E-state index in [1.54, 1.807) is 19.9 Å². The maximum Gasteiger partial charge on any atom is 0.309 e. The van der Waals surface area contributed by atoms with E-state index >= 15 is 0 Å². The molecule has 0 saturated heterocycles. The fourth-order valence-corrected chi connectivity index (χ4v) is 7.53. The number of ether oxygens (including phenoxy) is 2. The molecule has 2 fully saturated rings. The molecule has 1 unspecified atom stereocenters. The van der Waals surface area contributed by atoms with E-state index in [1.807, 2.05) is 34.6 Å². The third kappa shape index (κ3) is 3.54. The fourth-order valence-electron chi connectivity index (χ4n) is 7.53. The van der Waals surface area contributed by atoms with Crippen molar-refractivity contribution < 1.29 is 39.2 Å². The summed E-state index contributed by atoms with van der Waals surface area (Å²) >= 11 is 0. The molecule has 2 saturated carbocycles. The molecule has 9 heteroatoms. The van der Waals surface area contributed by atoms with E-state index < -0.39 is 76.4 Å². The van der Waals surface area contributed by atoms with Crippen LogP contribution in [-0.4, -0.2) is 69.1 Å². The van der Waals surface area contributed by atoms with Gasteiger partial charge in [0.05, 0.1) is 17.9 Å². The van der Waals surface area contributed by atoms with Gasteiger partial charge in [-0.05, 0) is 30.4 Å². The van der Waals surface area contributed by atoms with Crippen LogP contribution in [0.15, 0.2) is 23.3 Å². The maximum atomic E-state index is 14.6. The Kier molecular flexibility index (Phi) is 7.04. The lowest BCUT2D eigenvalue weighted by molar-refractivity contribution is -0.202. The average Bonchev–Trinajstić information content (AvgIpc) is 3.23. The molecule has 9 atom stereocenters. The highest BCUT2D eigenvalue weighted by Gasteiger charge is 2.83. The minimum absolute atomic E-state index is 0.0399. The summed E-state index contributed by atoms with van der Waals surface area (Å²) in [6, 6.07) is -1.08. The molecule has 5 N–H and O–H groups in total. The molecule has 0 amide bonds. The van der Waals surface area contributed by atoms with Gasteiger partial charge < -0.3 is 30.5 Å². The molecule has 212 valence electrons. The SMILES string of the molecule is CCCC(=O)O[C@@]12C[C@@H](N)[C@]34C=C(C)[C@H](OC(=O)C(C)C(C)C)[C@@]3(O)[C@H](O)C(CO)=C[C@H](C4=O)[C@@H]1C2(C)C. The van der Waals surface area contributed by atoms with E-state index in [-0.39, 0.29) is 30.3 Å². The lowest BCUT2D eigenvalue weighted by atomic mass is 9.61. The summed E-state index contributed by atoms with van der Waals surface area (Å²) in [7, 11) is 0. The zero-order chi connectivity index (χ0) is 28.6. The minimum atomic E-state index is -2.36. The van der Waals surface area contributed by atoms with Crippen molar-refractivity contribution >= 4 is 17.7 Å². The van der Waals surface area contributed by atoms with E-state index in [9.17, 15) is 29.7 Å². The molecular weight excluding hydrogens is 490 g/mol. The molecule has 38 heavy (non-hydrogen) atoms. The van der Waals surface area contributed by atoms with E-state index in [0.29, 0.717) is 12.0 Å². The first-order chi connectivity index (χ1) is 17.6. The van der Waals surface area contributed by atoms with Crippen LogP contribution < -0.4 is 5.73 Å². The van der Waals surface area contributed by atoms with Crippen molar-refractivity contribution in [3.63, 3.8) is 0 Å². The third-order valence-corrected chi connectivity index (χ3v) is 10.1. The van der Waals surface area contributed by atoms with Crippen LogP contribution in [0, 0.1) is 34.5 Å². The van der Waals surface area contributed by atoms with E-state index in [1.165, 1.54) is 6.08 Å². The number of esters is 2. The molecule has 0 radical (unpaired) electrons. The number of carbonyl (C=O) groups is 3. The molecule has 0 aromatic carbocycles. The second-order valence-electron chi connectivity index (χ2n) is 12.7. The third-order valence-electron chi connectivity index (χ3n) is 10.1. The summed E-state index contributed by atoms with van der Waals surface area (Å²) in [6.07, 6.45) is 0.844. The Morgan fingerprint density at radius 1 is 1.24 bits per heavy atom. The zero-order valence-electron chi connectivity index (χ0n) is 23.5. The van der Waals surface area contributed by atoms with Gasteiger partial charge >= 0.3 is 11.9 Å². The molecular formula is C29H43NO8. The number of aliphatic hydroxyl groups excluding tert-OH is 2. The first-order valence-corrected chi connectivity index (χ1v) is 13.7. The van der Waals surface area contributed by atoms with Crippen LogP contribution in [0.1, 0.15) is 67.7 Å². The molecule has 0 aromatic rings. The highest BCUT2D eigenvalue weighted by Crippen LogP contribution is 2.74. The monoisotopic (exact) mass is 533 g/mol. The van der Waals surface area contributed by atoms with Gasteiger partial charge in [-0.2, -0.15) is 0 Å². The summed E-state index contributed by atoms with van der Waals surface area (Å²) in [5, 5.41) is 34.4. The lowest BCUT2D eigenvalue weighted by Crippen LogP contribution is -2.69. The first kappa shape index (κ1) is 28.9. The summed E-state index contributed by atoms with van der Waals surface area (Å²) in [6.45, 7) is 12.2. The Hall–Kier alpha value is -2.07. The molecule has 1 spiro atoms. The molecule has 0 aromatic heterocycles. The number of carbonyl (C=O) groups excluding carboxylic acids is 3. The molecule has 4 rings (SSSR count). The molecule has 0 heterocycles. The van der Waals surface area contributed by atoms with Gasteiger partial charge in [0, 0.05) is 36.1 Å². The van der Waals surface area contributed by atoms with Crippen molar-refractivity contribution in [2.75, 3.05) is 6.61 Å². The minimum Gasteiger partial charge on any atom is -0.458 e. The number of Topliss-reactive ketones (excluding diaryl/α,β-unsaturated/α-hetero) is 1. The van der Waals surface area contributed by atoms with Crippen LogP contribution in [0.3, 0.4) is 0 Å². The standard InChI is InChI=1S/C29H43NO8/c1-8-9-20(32)38-28-12-19(30)27-11-15(4)24(37-25(35)16(5)14(2)3)29(27,36)22(33)17(13-31)10-18(23(27)34)21(28)26(28,6)7/h10-11,14,16,18-19,21-22,24,31,33,36H,8-9,12-13,30H2,1-7H3/t16?,18-,19+,21+,22+,24-,27-,28-,29-/m0/s1. The molecule has 0 aliphatic heterocycles. The number of rotatable bonds is 7. The molecule has 9 nitrogen and oxygen atoms in total. The smallest absolute Gasteiger partial charge is 0.309 e. The Morgan fingerprint density at radius 3 is 2.42 bits per heavy atom. The van der Waals surface area contributed by atoms with E-state index in [4.69, 9.17) is 15.2 Å². The summed E-state index contributed by atoms with van der Waals surface area (Å²) in [5.41, 5.74) is 1.39. The Bertz CT molecular complexity index is 1090. The number of nitrogens with two attached hydrogens (primary N) is 1. The van der Waals surface area contributed by atoms with Gasteiger partial charge in [-0.3, -0.25) is 14.4 Å². The van der Waals surface area contributed by atoms with Crippen molar-refractivity contribution in [3.05, 3.63) is 23.3 Å². The normalized spacial score (nSPS) is 41.7. The second kappa shape index (κ2) is 9.25. The maximum absolute atomic E-state index is 14.6. The number of aliphatic hydroxyl groups is 3. The average molecular weight is 534 g/mol. The van der Waals surface area contributed by atoms with Crippen LogP contribution >= 0.6 is 0 Å². The van der Waals surface area contributed by atoms with Crippen molar-refractivity contribution in [1.82, 2.24) is 0 Å². The van der Waals surface area contributed by atoms with E-state index in [0.717, 1.165) is 0 Å². The molecule has 4 aliphatic carbocycles. The highest BCUT2D eigenvalue weighted by molar-refractivity contribution is 5.96.